The summed E-state index contributed by atoms with van der Waals surface area (Å²) < 4.78 is 5.31. The Labute approximate surface area is 133 Å². The van der Waals surface area contributed by atoms with Crippen LogP contribution in [0.15, 0.2) is 63.8 Å². The molecule has 0 fully saturated rings. The number of hydrogen-bond acceptors (Lipinski definition) is 4. The number of fused-ring (bicyclic) bond motifs is 1. The smallest absolute Gasteiger partial charge is 0.343 e. The van der Waals surface area contributed by atoms with Gasteiger partial charge in [0.1, 0.15) is 17.6 Å². The first-order chi connectivity index (χ1) is 11.2. The van der Waals surface area contributed by atoms with Crippen LogP contribution in [0.4, 0.5) is 0 Å². The van der Waals surface area contributed by atoms with Gasteiger partial charge in [-0.2, -0.15) is 0 Å². The fraction of sp³-hybridized carbons (Fsp3) is 0.158. The highest BCUT2D eigenvalue weighted by atomic mass is 16.4. The third-order valence-corrected chi connectivity index (χ3v) is 3.93. The lowest BCUT2D eigenvalue weighted by Crippen LogP contribution is -2.15. The van der Waals surface area contributed by atoms with Gasteiger partial charge >= 0.3 is 5.63 Å². The van der Waals surface area contributed by atoms with E-state index in [2.05, 4.69) is 0 Å². The lowest BCUT2D eigenvalue weighted by atomic mass is 9.89. The highest BCUT2D eigenvalue weighted by Gasteiger charge is 2.23. The van der Waals surface area contributed by atoms with Crippen LogP contribution >= 0.6 is 0 Å². The summed E-state index contributed by atoms with van der Waals surface area (Å²) in [5.41, 5.74) is 0.901. The number of rotatable bonds is 5. The second-order valence-electron chi connectivity index (χ2n) is 5.44. The van der Waals surface area contributed by atoms with E-state index in [9.17, 15) is 14.7 Å². The molecule has 0 aliphatic rings. The second-order valence-corrected chi connectivity index (χ2v) is 5.44. The van der Waals surface area contributed by atoms with Gasteiger partial charge in [-0.05, 0) is 24.1 Å². The number of carbonyl (C=O) groups excluding carboxylic acids is 1. The molecule has 3 aromatic rings. The van der Waals surface area contributed by atoms with E-state index >= 15 is 0 Å². The highest BCUT2D eigenvalue weighted by molar-refractivity contribution is 5.84. The molecular formula is C19H16O4. The van der Waals surface area contributed by atoms with Crippen LogP contribution in [0.2, 0.25) is 0 Å². The Morgan fingerprint density at radius 3 is 2.48 bits per heavy atom. The first-order valence-electron chi connectivity index (χ1n) is 7.43. The molecule has 1 N–H and O–H groups in total. The van der Waals surface area contributed by atoms with Crippen molar-refractivity contribution < 1.29 is 14.3 Å². The van der Waals surface area contributed by atoms with Crippen molar-refractivity contribution in [1.29, 1.82) is 0 Å². The molecule has 4 nitrogen and oxygen atoms in total. The SMILES string of the molecule is O=CCC(Cc1ccccc1)c1c(O)c2ccccc2oc1=O. The average molecular weight is 308 g/mol. The summed E-state index contributed by atoms with van der Waals surface area (Å²) >= 11 is 0. The monoisotopic (exact) mass is 308 g/mol. The number of carbonyl (C=O) groups is 1. The standard InChI is InChI=1S/C19H16O4/c20-11-10-14(12-13-6-2-1-3-7-13)17-18(21)15-8-4-5-9-16(15)23-19(17)22/h1-9,11,14,21H,10,12H2. The van der Waals surface area contributed by atoms with E-state index in [0.29, 0.717) is 17.4 Å². The topological polar surface area (TPSA) is 67.5 Å². The first kappa shape index (κ1) is 15.0. The minimum atomic E-state index is -0.594. The van der Waals surface area contributed by atoms with E-state index < -0.39 is 11.5 Å². The summed E-state index contributed by atoms with van der Waals surface area (Å²) in [6.45, 7) is 0. The van der Waals surface area contributed by atoms with Crippen LogP contribution in [-0.2, 0) is 11.2 Å². The van der Waals surface area contributed by atoms with Gasteiger partial charge in [-0.3, -0.25) is 0 Å². The van der Waals surface area contributed by atoms with Crippen molar-refractivity contribution in [3.8, 4) is 5.75 Å². The van der Waals surface area contributed by atoms with Crippen LogP contribution in [0.1, 0.15) is 23.5 Å². The second kappa shape index (κ2) is 6.48. The van der Waals surface area contributed by atoms with Gasteiger partial charge in [0, 0.05) is 12.3 Å². The number of para-hydroxylation sites is 1. The van der Waals surface area contributed by atoms with Crippen LogP contribution in [0.25, 0.3) is 11.0 Å². The molecule has 0 saturated carbocycles. The molecule has 1 aromatic heterocycles. The molecule has 1 atom stereocenters. The predicted octanol–water partition coefficient (Wildman–Crippen LogP) is 3.41. The predicted molar refractivity (Wildman–Crippen MR) is 87.7 cm³/mol. The minimum absolute atomic E-state index is 0.0976. The lowest BCUT2D eigenvalue weighted by Gasteiger charge is -2.15. The molecule has 0 bridgehead atoms. The van der Waals surface area contributed by atoms with Gasteiger partial charge in [0.15, 0.2) is 0 Å². The fourth-order valence-corrected chi connectivity index (χ4v) is 2.83. The Kier molecular flexibility index (Phi) is 4.24. The van der Waals surface area contributed by atoms with Crippen molar-refractivity contribution in [1.82, 2.24) is 0 Å². The highest BCUT2D eigenvalue weighted by Crippen LogP contribution is 2.33. The van der Waals surface area contributed by atoms with Gasteiger partial charge < -0.3 is 14.3 Å². The van der Waals surface area contributed by atoms with E-state index in [1.54, 1.807) is 24.3 Å². The van der Waals surface area contributed by atoms with Gasteiger partial charge in [0.05, 0.1) is 10.9 Å². The Balaban J connectivity index is 2.11. The van der Waals surface area contributed by atoms with Crippen molar-refractivity contribution in [3.63, 3.8) is 0 Å². The zero-order valence-electron chi connectivity index (χ0n) is 12.4. The molecule has 0 radical (unpaired) electrons. The van der Waals surface area contributed by atoms with Gasteiger partial charge in [-0.25, -0.2) is 4.79 Å². The molecule has 116 valence electrons. The molecule has 0 spiro atoms. The fourth-order valence-electron chi connectivity index (χ4n) is 2.83. The van der Waals surface area contributed by atoms with E-state index in [1.807, 2.05) is 30.3 Å². The molecule has 2 aromatic carbocycles. The van der Waals surface area contributed by atoms with Crippen LogP contribution in [0.3, 0.4) is 0 Å². The summed E-state index contributed by atoms with van der Waals surface area (Å²) in [6, 6.07) is 16.4. The van der Waals surface area contributed by atoms with Gasteiger partial charge in [0.25, 0.3) is 0 Å². The molecule has 0 aliphatic carbocycles. The maximum Gasteiger partial charge on any atom is 0.343 e. The number of benzene rings is 2. The summed E-state index contributed by atoms with van der Waals surface area (Å²) in [4.78, 5) is 23.4. The number of hydrogen-bond donors (Lipinski definition) is 1. The Morgan fingerprint density at radius 2 is 1.74 bits per heavy atom. The van der Waals surface area contributed by atoms with Gasteiger partial charge in [-0.1, -0.05) is 42.5 Å². The van der Waals surface area contributed by atoms with E-state index in [0.717, 1.165) is 11.8 Å². The molecule has 0 amide bonds. The summed E-state index contributed by atoms with van der Waals surface area (Å²) in [6.07, 6.45) is 1.39. The molecule has 1 heterocycles. The largest absolute Gasteiger partial charge is 0.507 e. The lowest BCUT2D eigenvalue weighted by molar-refractivity contribution is -0.108. The molecular weight excluding hydrogens is 292 g/mol. The normalized spacial score (nSPS) is 12.2. The van der Waals surface area contributed by atoms with Crippen molar-refractivity contribution >= 4 is 17.3 Å². The van der Waals surface area contributed by atoms with E-state index in [-0.39, 0.29) is 17.7 Å². The first-order valence-corrected chi connectivity index (χ1v) is 7.43. The average Bonchev–Trinajstić information content (AvgIpc) is 2.56. The maximum absolute atomic E-state index is 12.3. The van der Waals surface area contributed by atoms with E-state index in [4.69, 9.17) is 4.42 Å². The number of aldehydes is 1. The zero-order chi connectivity index (χ0) is 16.2. The molecule has 1 unspecified atom stereocenters. The molecule has 0 saturated heterocycles. The Bertz CT molecular complexity index is 881. The third-order valence-electron chi connectivity index (χ3n) is 3.93. The van der Waals surface area contributed by atoms with Crippen molar-refractivity contribution in [2.75, 3.05) is 0 Å². The zero-order valence-corrected chi connectivity index (χ0v) is 12.4. The molecule has 4 heteroatoms. The van der Waals surface area contributed by atoms with Crippen LogP contribution in [0, 0.1) is 0 Å². The van der Waals surface area contributed by atoms with Crippen molar-refractivity contribution in [2.45, 2.75) is 18.8 Å². The minimum Gasteiger partial charge on any atom is -0.507 e. The summed E-state index contributed by atoms with van der Waals surface area (Å²) in [5.74, 6) is -0.518. The van der Waals surface area contributed by atoms with Crippen LogP contribution in [0.5, 0.6) is 5.75 Å². The van der Waals surface area contributed by atoms with E-state index in [1.165, 1.54) is 0 Å². The van der Waals surface area contributed by atoms with Gasteiger partial charge in [-0.15, -0.1) is 0 Å². The third kappa shape index (κ3) is 3.01. The molecule has 0 aliphatic heterocycles. The number of aromatic hydroxyl groups is 1. The molecule has 3 rings (SSSR count). The quantitative estimate of drug-likeness (QED) is 0.579. The van der Waals surface area contributed by atoms with Crippen molar-refractivity contribution in [2.24, 2.45) is 0 Å². The van der Waals surface area contributed by atoms with Crippen LogP contribution in [-0.4, -0.2) is 11.4 Å². The summed E-state index contributed by atoms with van der Waals surface area (Å²) in [5, 5.41) is 11.0. The maximum atomic E-state index is 12.3. The Morgan fingerprint density at radius 1 is 1.04 bits per heavy atom. The Hall–Kier alpha value is -2.88. The summed E-state index contributed by atoms with van der Waals surface area (Å²) in [7, 11) is 0. The van der Waals surface area contributed by atoms with Gasteiger partial charge in [0.2, 0.25) is 0 Å². The molecule has 23 heavy (non-hydrogen) atoms. The van der Waals surface area contributed by atoms with Crippen molar-refractivity contribution in [3.05, 3.63) is 76.1 Å². The van der Waals surface area contributed by atoms with Crippen LogP contribution < -0.4 is 5.63 Å².